The summed E-state index contributed by atoms with van der Waals surface area (Å²) >= 11 is 0. The van der Waals surface area contributed by atoms with Crippen molar-refractivity contribution in [3.63, 3.8) is 0 Å². The van der Waals surface area contributed by atoms with Crippen LogP contribution in [0.1, 0.15) is 69.0 Å². The second-order valence-electron chi connectivity index (χ2n) is 11.6. The van der Waals surface area contributed by atoms with Crippen molar-refractivity contribution in [1.29, 1.82) is 0 Å². The third-order valence-corrected chi connectivity index (χ3v) is 10.6. The van der Waals surface area contributed by atoms with Crippen molar-refractivity contribution >= 4 is 31.1 Å². The van der Waals surface area contributed by atoms with Crippen molar-refractivity contribution in [2.75, 3.05) is 27.5 Å². The Bertz CT molecular complexity index is 1570. The maximum atomic E-state index is 13.8. The van der Waals surface area contributed by atoms with Gasteiger partial charge in [-0.1, -0.05) is 57.0 Å². The Kier molecular flexibility index (Phi) is 13.0. The van der Waals surface area contributed by atoms with E-state index >= 15 is 0 Å². The summed E-state index contributed by atoms with van der Waals surface area (Å²) in [4.78, 5) is 45.0. The van der Waals surface area contributed by atoms with Gasteiger partial charge in [-0.15, -0.1) is 0 Å². The van der Waals surface area contributed by atoms with Crippen LogP contribution in [0.4, 0.5) is 0 Å². The standard InChI is InChI=1S/C35H46N3O9P/c1-6-9-15-27-21-35(27,32(7-2)38(24-39)46-22-25-13-11-10-12-14-25)34(41)37-23-36-33(40)31-17-16-30(47-31)26-18-28(45-8-3)20-29(19-26)48(42,43-4)44-5/h10-14,16-20,24,27,32H,6-9,15,21-23H2,1-5H3,(H,36,40)(H,37,41)/t27?,32-,35?/m1/s1. The van der Waals surface area contributed by atoms with Crippen molar-refractivity contribution in [2.45, 2.75) is 65.5 Å². The van der Waals surface area contributed by atoms with E-state index in [1.54, 1.807) is 24.3 Å². The zero-order valence-electron chi connectivity index (χ0n) is 28.2. The average Bonchev–Trinajstić information content (AvgIpc) is 3.61. The maximum absolute atomic E-state index is 13.8. The lowest BCUT2D eigenvalue weighted by Gasteiger charge is -2.33. The van der Waals surface area contributed by atoms with E-state index in [0.717, 1.165) is 24.8 Å². The van der Waals surface area contributed by atoms with Crippen LogP contribution >= 0.6 is 7.60 Å². The molecule has 260 valence electrons. The first-order valence-electron chi connectivity index (χ1n) is 16.3. The lowest BCUT2D eigenvalue weighted by Crippen LogP contribution is -2.50. The molecule has 1 aromatic heterocycles. The quantitative estimate of drug-likeness (QED) is 0.0651. The summed E-state index contributed by atoms with van der Waals surface area (Å²) in [5.41, 5.74) is 0.579. The van der Waals surface area contributed by atoms with Crippen molar-refractivity contribution in [2.24, 2.45) is 11.3 Å². The van der Waals surface area contributed by atoms with E-state index in [-0.39, 0.29) is 36.2 Å². The minimum atomic E-state index is -3.60. The first-order valence-corrected chi connectivity index (χ1v) is 17.8. The number of benzene rings is 2. The smallest absolute Gasteiger partial charge is 0.360 e. The molecule has 2 aromatic carbocycles. The molecule has 3 atom stereocenters. The van der Waals surface area contributed by atoms with Gasteiger partial charge in [0, 0.05) is 19.8 Å². The van der Waals surface area contributed by atoms with Crippen LogP contribution in [0.5, 0.6) is 5.75 Å². The summed E-state index contributed by atoms with van der Waals surface area (Å²) in [5.74, 6) is 0.0715. The molecule has 0 bridgehead atoms. The number of rotatable bonds is 20. The number of nitrogens with one attached hydrogen (secondary N) is 2. The Labute approximate surface area is 281 Å². The molecule has 0 radical (unpaired) electrons. The summed E-state index contributed by atoms with van der Waals surface area (Å²) in [6, 6.07) is 17.0. The van der Waals surface area contributed by atoms with Gasteiger partial charge in [-0.05, 0) is 68.0 Å². The Balaban J connectivity index is 1.44. The van der Waals surface area contributed by atoms with Gasteiger partial charge in [0.1, 0.15) is 18.1 Å². The number of ether oxygens (including phenoxy) is 1. The molecule has 2 N–H and O–H groups in total. The number of carbonyl (C=O) groups excluding carboxylic acids is 3. The van der Waals surface area contributed by atoms with Gasteiger partial charge >= 0.3 is 7.60 Å². The Morgan fingerprint density at radius 2 is 1.81 bits per heavy atom. The zero-order valence-corrected chi connectivity index (χ0v) is 29.1. The number of unbranched alkanes of at least 4 members (excludes halogenated alkanes) is 1. The topological polar surface area (TPSA) is 146 Å². The fourth-order valence-electron chi connectivity index (χ4n) is 6.18. The monoisotopic (exact) mass is 683 g/mol. The normalized spacial score (nSPS) is 17.7. The van der Waals surface area contributed by atoms with Crippen LogP contribution in [0.2, 0.25) is 0 Å². The zero-order chi connectivity index (χ0) is 34.7. The second-order valence-corrected chi connectivity index (χ2v) is 13.8. The van der Waals surface area contributed by atoms with E-state index in [9.17, 15) is 18.9 Å². The summed E-state index contributed by atoms with van der Waals surface area (Å²) in [6.45, 7) is 6.28. The number of hydroxylamine groups is 2. The van der Waals surface area contributed by atoms with Crippen molar-refractivity contribution < 1.29 is 42.0 Å². The van der Waals surface area contributed by atoms with Crippen molar-refractivity contribution in [1.82, 2.24) is 15.7 Å². The van der Waals surface area contributed by atoms with Gasteiger partial charge in [0.05, 0.1) is 30.0 Å². The Hall–Kier alpha value is -3.96. The van der Waals surface area contributed by atoms with E-state index in [0.29, 0.717) is 42.9 Å². The number of furan rings is 1. The fraction of sp³-hybridized carbons (Fsp3) is 0.457. The number of amides is 3. The van der Waals surface area contributed by atoms with E-state index in [1.165, 1.54) is 25.3 Å². The highest BCUT2D eigenvalue weighted by Crippen LogP contribution is 2.59. The summed E-state index contributed by atoms with van der Waals surface area (Å²) in [7, 11) is -1.01. The van der Waals surface area contributed by atoms with Crippen molar-refractivity contribution in [3.05, 3.63) is 72.0 Å². The molecule has 0 saturated heterocycles. The molecule has 2 unspecified atom stereocenters. The van der Waals surface area contributed by atoms with Gasteiger partial charge in [-0.25, -0.2) is 5.06 Å². The molecular weight excluding hydrogens is 637 g/mol. The lowest BCUT2D eigenvalue weighted by molar-refractivity contribution is -0.203. The molecule has 1 heterocycles. The SMILES string of the molecule is CCCCC1CC1(C(=O)NCNC(=O)c1ccc(-c2cc(OCC)cc(P(=O)(OC)OC)c2)o1)[C@@H](CC)N(C=O)OCc1ccccc1. The van der Waals surface area contributed by atoms with E-state index in [4.69, 9.17) is 23.0 Å². The summed E-state index contributed by atoms with van der Waals surface area (Å²) < 4.78 is 34.9. The van der Waals surface area contributed by atoms with E-state index in [1.807, 2.05) is 44.2 Å². The highest BCUT2D eigenvalue weighted by atomic mass is 31.2. The molecule has 1 fully saturated rings. The van der Waals surface area contributed by atoms with Gasteiger partial charge in [-0.3, -0.25) is 23.8 Å². The van der Waals surface area contributed by atoms with Crippen LogP contribution in [-0.2, 0) is 34.6 Å². The third-order valence-electron chi connectivity index (χ3n) is 8.71. The van der Waals surface area contributed by atoms with Gasteiger partial charge in [0.25, 0.3) is 5.91 Å². The minimum Gasteiger partial charge on any atom is -0.494 e. The molecule has 1 saturated carbocycles. The summed E-state index contributed by atoms with van der Waals surface area (Å²) in [6.07, 6.45) is 4.58. The molecular formula is C35H46N3O9P. The predicted octanol–water partition coefficient (Wildman–Crippen LogP) is 5.83. The van der Waals surface area contributed by atoms with E-state index in [2.05, 4.69) is 17.6 Å². The largest absolute Gasteiger partial charge is 0.494 e. The molecule has 12 nitrogen and oxygen atoms in total. The molecule has 13 heteroatoms. The molecule has 0 spiro atoms. The number of hydrogen-bond donors (Lipinski definition) is 2. The van der Waals surface area contributed by atoms with Crippen LogP contribution in [0.15, 0.2) is 65.1 Å². The predicted molar refractivity (Wildman–Crippen MR) is 180 cm³/mol. The first kappa shape index (κ1) is 36.9. The van der Waals surface area contributed by atoms with Crippen LogP contribution in [0.25, 0.3) is 11.3 Å². The van der Waals surface area contributed by atoms with Gasteiger partial charge < -0.3 is 28.8 Å². The minimum absolute atomic E-state index is 0.0131. The molecule has 4 rings (SSSR count). The molecule has 48 heavy (non-hydrogen) atoms. The number of hydrogen-bond acceptors (Lipinski definition) is 9. The van der Waals surface area contributed by atoms with Crippen LogP contribution < -0.4 is 20.7 Å². The van der Waals surface area contributed by atoms with Crippen molar-refractivity contribution in [3.8, 4) is 17.1 Å². The second kappa shape index (κ2) is 16.9. The number of carbonyl (C=O) groups is 3. The third kappa shape index (κ3) is 8.36. The van der Waals surface area contributed by atoms with Crippen LogP contribution in [-0.4, -0.2) is 56.8 Å². The number of nitrogens with zero attached hydrogens (tertiary/aromatic N) is 1. The fourth-order valence-corrected chi connectivity index (χ4v) is 7.33. The average molecular weight is 684 g/mol. The highest BCUT2D eigenvalue weighted by molar-refractivity contribution is 7.62. The molecule has 3 aromatic rings. The lowest BCUT2D eigenvalue weighted by atomic mass is 9.88. The Morgan fingerprint density at radius 3 is 2.46 bits per heavy atom. The first-order chi connectivity index (χ1) is 23.2. The summed E-state index contributed by atoms with van der Waals surface area (Å²) in [5, 5.41) is 7.12. The van der Waals surface area contributed by atoms with E-state index < -0.39 is 25.0 Å². The Morgan fingerprint density at radius 1 is 1.06 bits per heavy atom. The van der Waals surface area contributed by atoms with Gasteiger partial charge in [0.15, 0.2) is 5.76 Å². The molecule has 0 aliphatic heterocycles. The molecule has 1 aliphatic rings. The molecule has 1 aliphatic carbocycles. The van der Waals surface area contributed by atoms with Crippen LogP contribution in [0, 0.1) is 11.3 Å². The maximum Gasteiger partial charge on any atom is 0.360 e. The highest BCUT2D eigenvalue weighted by Gasteiger charge is 2.64. The van der Waals surface area contributed by atoms with Gasteiger partial charge in [-0.2, -0.15) is 0 Å². The van der Waals surface area contributed by atoms with Gasteiger partial charge in [0.2, 0.25) is 12.3 Å². The van der Waals surface area contributed by atoms with Crippen LogP contribution in [0.3, 0.4) is 0 Å². The molecule has 3 amide bonds.